The molecule has 0 radical (unpaired) electrons. The van der Waals surface area contributed by atoms with Crippen LogP contribution >= 0.6 is 0 Å². The van der Waals surface area contributed by atoms with Gasteiger partial charge in [0.05, 0.1) is 0 Å². The van der Waals surface area contributed by atoms with Crippen molar-refractivity contribution in [1.29, 1.82) is 0 Å². The van der Waals surface area contributed by atoms with Crippen LogP contribution in [0.2, 0.25) is 0 Å². The summed E-state index contributed by atoms with van der Waals surface area (Å²) < 4.78 is 0. The van der Waals surface area contributed by atoms with Gasteiger partial charge in [0.25, 0.3) is 5.91 Å². The first-order valence-electron chi connectivity index (χ1n) is 8.76. The topological polar surface area (TPSA) is 52.7 Å². The van der Waals surface area contributed by atoms with Crippen molar-refractivity contribution in [2.24, 2.45) is 0 Å². The van der Waals surface area contributed by atoms with E-state index in [9.17, 15) is 9.59 Å². The molecule has 1 N–H and O–H groups in total. The molecule has 134 valence electrons. The Labute approximate surface area is 153 Å². The van der Waals surface area contributed by atoms with E-state index in [2.05, 4.69) is 22.3 Å². The second kappa shape index (κ2) is 8.34. The minimum absolute atomic E-state index is 0.0214. The van der Waals surface area contributed by atoms with E-state index in [-0.39, 0.29) is 11.8 Å². The molecule has 2 aromatic rings. The quantitative estimate of drug-likeness (QED) is 0.863. The predicted octanol–water partition coefficient (Wildman–Crippen LogP) is 2.41. The van der Waals surface area contributed by atoms with E-state index in [1.54, 1.807) is 31.3 Å². The largest absolute Gasteiger partial charge is 0.368 e. The molecule has 2 aromatic carbocycles. The van der Waals surface area contributed by atoms with Gasteiger partial charge < -0.3 is 15.1 Å². The van der Waals surface area contributed by atoms with E-state index in [4.69, 9.17) is 0 Å². The number of hydrogen-bond acceptors (Lipinski definition) is 3. The Bertz CT molecular complexity index is 777. The number of para-hydroxylation sites is 1. The van der Waals surface area contributed by atoms with Crippen molar-refractivity contribution in [2.45, 2.75) is 0 Å². The van der Waals surface area contributed by atoms with Crippen LogP contribution in [-0.2, 0) is 4.79 Å². The average molecular weight is 349 g/mol. The van der Waals surface area contributed by atoms with Gasteiger partial charge in [0.2, 0.25) is 5.91 Å². The first kappa shape index (κ1) is 17.7. The molecule has 2 amide bonds. The van der Waals surface area contributed by atoms with Crippen LogP contribution in [-0.4, -0.2) is 49.9 Å². The van der Waals surface area contributed by atoms with Crippen molar-refractivity contribution in [3.63, 3.8) is 0 Å². The molecule has 1 aliphatic heterocycles. The molecule has 5 nitrogen and oxygen atoms in total. The predicted molar refractivity (Wildman–Crippen MR) is 104 cm³/mol. The van der Waals surface area contributed by atoms with Gasteiger partial charge in [0.1, 0.15) is 0 Å². The number of piperazine rings is 1. The first-order valence-corrected chi connectivity index (χ1v) is 8.76. The van der Waals surface area contributed by atoms with Gasteiger partial charge in [0, 0.05) is 50.6 Å². The molecular weight excluding hydrogens is 326 g/mol. The summed E-state index contributed by atoms with van der Waals surface area (Å²) in [5, 5.41) is 2.59. The Morgan fingerprint density at radius 3 is 2.19 bits per heavy atom. The van der Waals surface area contributed by atoms with Crippen LogP contribution in [0, 0.1) is 0 Å². The molecule has 0 aromatic heterocycles. The van der Waals surface area contributed by atoms with Gasteiger partial charge in [-0.3, -0.25) is 9.59 Å². The SMILES string of the molecule is CNC(=O)c1ccc(/C=C/C(=O)N2CCN(c3ccccc3)CC2)cc1. The van der Waals surface area contributed by atoms with Crippen LogP contribution in [0.1, 0.15) is 15.9 Å². The Balaban J connectivity index is 1.54. The fourth-order valence-electron chi connectivity index (χ4n) is 2.99. The van der Waals surface area contributed by atoms with Crippen molar-refractivity contribution in [1.82, 2.24) is 10.2 Å². The van der Waals surface area contributed by atoms with Crippen molar-refractivity contribution in [2.75, 3.05) is 38.1 Å². The van der Waals surface area contributed by atoms with Crippen LogP contribution in [0.5, 0.6) is 0 Å². The maximum absolute atomic E-state index is 12.4. The summed E-state index contributed by atoms with van der Waals surface area (Å²) in [5.41, 5.74) is 2.70. The summed E-state index contributed by atoms with van der Waals surface area (Å²) in [7, 11) is 1.60. The number of rotatable bonds is 4. The lowest BCUT2D eigenvalue weighted by molar-refractivity contribution is -0.126. The molecular formula is C21H23N3O2. The fourth-order valence-corrected chi connectivity index (χ4v) is 2.99. The van der Waals surface area contributed by atoms with Crippen LogP contribution in [0.4, 0.5) is 5.69 Å². The maximum atomic E-state index is 12.4. The van der Waals surface area contributed by atoms with E-state index in [1.165, 1.54) is 5.69 Å². The summed E-state index contributed by atoms with van der Waals surface area (Å²) in [6, 6.07) is 17.4. The zero-order chi connectivity index (χ0) is 18.4. The molecule has 0 saturated carbocycles. The number of benzene rings is 2. The van der Waals surface area contributed by atoms with Crippen LogP contribution in [0.25, 0.3) is 6.08 Å². The molecule has 5 heteroatoms. The van der Waals surface area contributed by atoms with Gasteiger partial charge in [-0.15, -0.1) is 0 Å². The molecule has 1 saturated heterocycles. The average Bonchev–Trinajstić information content (AvgIpc) is 2.72. The highest BCUT2D eigenvalue weighted by molar-refractivity contribution is 5.95. The third-order valence-electron chi connectivity index (χ3n) is 4.53. The van der Waals surface area contributed by atoms with Crippen LogP contribution in [0.15, 0.2) is 60.7 Å². The van der Waals surface area contributed by atoms with Crippen molar-refractivity contribution >= 4 is 23.6 Å². The molecule has 0 atom stereocenters. The monoisotopic (exact) mass is 349 g/mol. The molecule has 1 heterocycles. The number of hydrogen-bond donors (Lipinski definition) is 1. The summed E-state index contributed by atoms with van der Waals surface area (Å²) >= 11 is 0. The third-order valence-corrected chi connectivity index (χ3v) is 4.53. The van der Waals surface area contributed by atoms with Gasteiger partial charge >= 0.3 is 0 Å². The molecule has 0 unspecified atom stereocenters. The van der Waals surface area contributed by atoms with Gasteiger partial charge in [-0.2, -0.15) is 0 Å². The highest BCUT2D eigenvalue weighted by Gasteiger charge is 2.19. The smallest absolute Gasteiger partial charge is 0.251 e. The van der Waals surface area contributed by atoms with Crippen molar-refractivity contribution in [3.05, 3.63) is 71.8 Å². The van der Waals surface area contributed by atoms with Crippen molar-refractivity contribution in [3.8, 4) is 0 Å². The number of anilines is 1. The Kier molecular flexibility index (Phi) is 5.69. The zero-order valence-electron chi connectivity index (χ0n) is 14.9. The minimum atomic E-state index is -0.118. The number of nitrogens with zero attached hydrogens (tertiary/aromatic N) is 2. The standard InChI is InChI=1S/C21H23N3O2/c1-22-21(26)18-10-7-17(8-11-18)9-12-20(25)24-15-13-23(14-16-24)19-5-3-2-4-6-19/h2-12H,13-16H2,1H3,(H,22,26)/b12-9+. The van der Waals surface area contributed by atoms with Gasteiger partial charge in [-0.1, -0.05) is 30.3 Å². The van der Waals surface area contributed by atoms with E-state index >= 15 is 0 Å². The summed E-state index contributed by atoms with van der Waals surface area (Å²) in [6.45, 7) is 3.11. The lowest BCUT2D eigenvalue weighted by Crippen LogP contribution is -2.48. The van der Waals surface area contributed by atoms with Crippen molar-refractivity contribution < 1.29 is 9.59 Å². The minimum Gasteiger partial charge on any atom is -0.368 e. The molecule has 1 aliphatic rings. The summed E-state index contributed by atoms with van der Waals surface area (Å²) in [4.78, 5) is 28.1. The number of carbonyl (C=O) groups excluding carboxylic acids is 2. The highest BCUT2D eigenvalue weighted by Crippen LogP contribution is 2.16. The number of amides is 2. The molecule has 26 heavy (non-hydrogen) atoms. The van der Waals surface area contributed by atoms with E-state index in [0.29, 0.717) is 18.7 Å². The fraction of sp³-hybridized carbons (Fsp3) is 0.238. The van der Waals surface area contributed by atoms with Gasteiger partial charge in [-0.05, 0) is 35.9 Å². The molecule has 1 fully saturated rings. The second-order valence-electron chi connectivity index (χ2n) is 6.18. The maximum Gasteiger partial charge on any atom is 0.251 e. The molecule has 0 bridgehead atoms. The highest BCUT2D eigenvalue weighted by atomic mass is 16.2. The summed E-state index contributed by atoms with van der Waals surface area (Å²) in [5.74, 6) is -0.0963. The lowest BCUT2D eigenvalue weighted by atomic mass is 10.1. The van der Waals surface area contributed by atoms with Gasteiger partial charge in [0.15, 0.2) is 0 Å². The second-order valence-corrected chi connectivity index (χ2v) is 6.18. The molecule has 0 aliphatic carbocycles. The normalized spacial score (nSPS) is 14.5. The lowest BCUT2D eigenvalue weighted by Gasteiger charge is -2.35. The Morgan fingerprint density at radius 2 is 1.58 bits per heavy atom. The summed E-state index contributed by atoms with van der Waals surface area (Å²) in [6.07, 6.45) is 3.40. The number of nitrogens with one attached hydrogen (secondary N) is 1. The van der Waals surface area contributed by atoms with Gasteiger partial charge in [-0.25, -0.2) is 0 Å². The van der Waals surface area contributed by atoms with E-state index in [1.807, 2.05) is 35.2 Å². The van der Waals surface area contributed by atoms with E-state index < -0.39 is 0 Å². The zero-order valence-corrected chi connectivity index (χ0v) is 14.9. The third kappa shape index (κ3) is 4.30. The molecule has 0 spiro atoms. The van der Waals surface area contributed by atoms with E-state index in [0.717, 1.165) is 18.7 Å². The van der Waals surface area contributed by atoms with Crippen LogP contribution < -0.4 is 10.2 Å². The first-order chi connectivity index (χ1) is 12.7. The number of carbonyl (C=O) groups is 2. The molecule has 3 rings (SSSR count). The Morgan fingerprint density at radius 1 is 0.923 bits per heavy atom. The van der Waals surface area contributed by atoms with Crippen LogP contribution in [0.3, 0.4) is 0 Å². The Hall–Kier alpha value is -3.08.